The minimum Gasteiger partial charge on any atom is -0.462 e. The fourth-order valence-corrected chi connectivity index (χ4v) is 9.25. The number of phosphoric acid groups is 1. The van der Waals surface area contributed by atoms with E-state index in [2.05, 4.69) is 86.8 Å². The molecule has 10 heteroatoms. The predicted octanol–water partition coefficient (Wildman–Crippen LogP) is 19.3. The Labute approximate surface area is 457 Å². The van der Waals surface area contributed by atoms with E-state index in [0.717, 1.165) is 64.2 Å². The molecule has 0 aromatic heterocycles. The van der Waals surface area contributed by atoms with Gasteiger partial charge >= 0.3 is 19.8 Å². The molecule has 0 fully saturated rings. The number of likely N-dealkylation sites (N-methyl/N-ethyl adjacent to an activating group) is 1. The van der Waals surface area contributed by atoms with Crippen molar-refractivity contribution in [2.75, 3.05) is 47.5 Å². The van der Waals surface area contributed by atoms with Gasteiger partial charge in [0.25, 0.3) is 0 Å². The lowest BCUT2D eigenvalue weighted by atomic mass is 10.0. The Morgan fingerprint density at radius 1 is 0.432 bits per heavy atom. The molecular weight excluding hydrogens is 942 g/mol. The van der Waals surface area contributed by atoms with Crippen molar-refractivity contribution in [3.8, 4) is 0 Å². The molecule has 0 saturated heterocycles. The van der Waals surface area contributed by atoms with Gasteiger partial charge in [-0.1, -0.05) is 247 Å². The van der Waals surface area contributed by atoms with Crippen molar-refractivity contribution >= 4 is 19.8 Å². The third kappa shape index (κ3) is 58.7. The highest BCUT2D eigenvalue weighted by Gasteiger charge is 2.27. The Morgan fingerprint density at radius 3 is 1.16 bits per heavy atom. The van der Waals surface area contributed by atoms with Crippen LogP contribution in [0.2, 0.25) is 0 Å². The largest absolute Gasteiger partial charge is 0.472 e. The van der Waals surface area contributed by atoms with E-state index in [1.165, 1.54) is 173 Å². The van der Waals surface area contributed by atoms with E-state index in [-0.39, 0.29) is 32.0 Å². The first kappa shape index (κ1) is 71.5. The third-order valence-corrected chi connectivity index (χ3v) is 14.2. The summed E-state index contributed by atoms with van der Waals surface area (Å²) < 4.78 is 34.6. The minimum absolute atomic E-state index is 0.0305. The van der Waals surface area contributed by atoms with Gasteiger partial charge in [-0.3, -0.25) is 18.6 Å². The highest BCUT2D eigenvalue weighted by Crippen LogP contribution is 2.43. The van der Waals surface area contributed by atoms with Crippen LogP contribution >= 0.6 is 7.82 Å². The molecule has 0 aliphatic heterocycles. The lowest BCUT2D eigenvalue weighted by Crippen LogP contribution is -2.37. The average molecular weight is 1060 g/mol. The molecule has 0 aliphatic carbocycles. The summed E-state index contributed by atoms with van der Waals surface area (Å²) in [5.41, 5.74) is 0. The molecule has 2 atom stereocenters. The molecule has 0 aromatic rings. The quantitative estimate of drug-likeness (QED) is 0.0211. The predicted molar refractivity (Wildman–Crippen MR) is 316 cm³/mol. The summed E-state index contributed by atoms with van der Waals surface area (Å²) in [4.78, 5) is 35.7. The van der Waals surface area contributed by atoms with Crippen molar-refractivity contribution in [3.63, 3.8) is 0 Å². The first-order valence-corrected chi connectivity index (χ1v) is 32.2. The number of unbranched alkanes of at least 4 members (excludes halogenated alkanes) is 30. The maximum atomic E-state index is 12.8. The molecule has 0 heterocycles. The topological polar surface area (TPSA) is 108 Å². The number of carbonyl (C=O) groups excluding carboxylic acids is 2. The summed E-state index contributed by atoms with van der Waals surface area (Å²) in [6.07, 6.45) is 72.7. The number of hydrogen-bond acceptors (Lipinski definition) is 7. The Morgan fingerprint density at radius 2 is 0.770 bits per heavy atom. The van der Waals surface area contributed by atoms with Gasteiger partial charge in [-0.05, 0) is 83.5 Å². The molecule has 1 N–H and O–H groups in total. The van der Waals surface area contributed by atoms with Crippen LogP contribution in [0.3, 0.4) is 0 Å². The van der Waals surface area contributed by atoms with Gasteiger partial charge in [-0.15, -0.1) is 0 Å². The van der Waals surface area contributed by atoms with Crippen LogP contribution in [-0.2, 0) is 32.7 Å². The number of carbonyl (C=O) groups is 2. The standard InChI is InChI=1S/C64H116NO8P/c1-6-8-10-12-14-16-18-20-22-24-25-26-27-28-29-30-31-32-33-34-35-36-37-38-39-41-43-45-47-49-51-53-55-57-64(67)73-62(61-72-74(68,69)71-59-58-65(3,4)5)60-70-63(66)56-54-52-50-48-46-44-42-40-23-21-19-17-15-13-11-9-7-2/h8,10,14,16,20-23,25-26,28-29,62H,6-7,9,11-13,15,17-19,24,27,30-61H2,1-5H3/p+1/b10-8-,16-14-,22-20-,23-21-,26-25-,29-28-. The van der Waals surface area contributed by atoms with Crippen LogP contribution in [0.4, 0.5) is 0 Å². The van der Waals surface area contributed by atoms with Gasteiger partial charge in [-0.25, -0.2) is 4.57 Å². The molecule has 74 heavy (non-hydrogen) atoms. The maximum Gasteiger partial charge on any atom is 0.472 e. The Balaban J connectivity index is 4.05. The molecule has 2 unspecified atom stereocenters. The number of quaternary nitrogens is 1. The second-order valence-electron chi connectivity index (χ2n) is 21.7. The molecule has 0 amide bonds. The van der Waals surface area contributed by atoms with Crippen LogP contribution in [0.15, 0.2) is 72.9 Å². The fourth-order valence-electron chi connectivity index (χ4n) is 8.51. The first-order chi connectivity index (χ1) is 36.0. The SMILES string of the molecule is CC/C=C\C/C=C\C/C=C\C/C=C\C/C=C\CCCCCCCCCCCCCCCCCCCC(=O)OC(COC(=O)CCCCCCCCC/C=C\CCCCCCCC)COP(=O)(O)OCC[N+](C)(C)C. The molecule has 430 valence electrons. The van der Waals surface area contributed by atoms with Crippen LogP contribution < -0.4 is 0 Å². The summed E-state index contributed by atoms with van der Waals surface area (Å²) in [5.74, 6) is -0.795. The lowest BCUT2D eigenvalue weighted by molar-refractivity contribution is -0.870. The van der Waals surface area contributed by atoms with Crippen molar-refractivity contribution in [3.05, 3.63) is 72.9 Å². The molecule has 0 aromatic carbocycles. The van der Waals surface area contributed by atoms with E-state index in [0.29, 0.717) is 17.4 Å². The van der Waals surface area contributed by atoms with E-state index in [1.807, 2.05) is 21.1 Å². The summed E-state index contributed by atoms with van der Waals surface area (Å²) >= 11 is 0. The first-order valence-electron chi connectivity index (χ1n) is 30.7. The maximum absolute atomic E-state index is 12.8. The van der Waals surface area contributed by atoms with Crippen LogP contribution in [0.5, 0.6) is 0 Å². The zero-order chi connectivity index (χ0) is 54.2. The van der Waals surface area contributed by atoms with Crippen molar-refractivity contribution in [2.45, 2.75) is 277 Å². The summed E-state index contributed by atoms with van der Waals surface area (Å²) in [6, 6.07) is 0. The van der Waals surface area contributed by atoms with Crippen molar-refractivity contribution < 1.29 is 42.1 Å². The van der Waals surface area contributed by atoms with Crippen LogP contribution in [0.25, 0.3) is 0 Å². The lowest BCUT2D eigenvalue weighted by Gasteiger charge is -2.24. The molecule has 0 saturated carbocycles. The number of rotatable bonds is 56. The highest BCUT2D eigenvalue weighted by molar-refractivity contribution is 7.47. The van der Waals surface area contributed by atoms with E-state index < -0.39 is 26.5 Å². The van der Waals surface area contributed by atoms with Crippen molar-refractivity contribution in [2.24, 2.45) is 0 Å². The van der Waals surface area contributed by atoms with Gasteiger partial charge in [0, 0.05) is 12.8 Å². The zero-order valence-electron chi connectivity index (χ0n) is 48.8. The molecule has 0 rings (SSSR count). The van der Waals surface area contributed by atoms with Gasteiger partial charge in [0.05, 0.1) is 27.7 Å². The van der Waals surface area contributed by atoms with E-state index in [4.69, 9.17) is 18.5 Å². The molecule has 0 bridgehead atoms. The molecule has 0 aliphatic rings. The van der Waals surface area contributed by atoms with Gasteiger partial charge in [0.1, 0.15) is 19.8 Å². The second-order valence-corrected chi connectivity index (χ2v) is 23.2. The van der Waals surface area contributed by atoms with E-state index in [9.17, 15) is 19.0 Å². The van der Waals surface area contributed by atoms with Gasteiger partial charge in [0.2, 0.25) is 0 Å². The van der Waals surface area contributed by atoms with Gasteiger partial charge in [-0.2, -0.15) is 0 Å². The number of esters is 2. The smallest absolute Gasteiger partial charge is 0.462 e. The summed E-state index contributed by atoms with van der Waals surface area (Å²) in [7, 11) is 1.48. The molecular formula is C64H117NO8P+. The Kier molecular flexibility index (Phi) is 53.3. The zero-order valence-corrected chi connectivity index (χ0v) is 49.7. The van der Waals surface area contributed by atoms with Crippen LogP contribution in [0, 0.1) is 0 Å². The second kappa shape index (κ2) is 55.2. The van der Waals surface area contributed by atoms with Crippen molar-refractivity contribution in [1.29, 1.82) is 0 Å². The van der Waals surface area contributed by atoms with Gasteiger partial charge < -0.3 is 18.9 Å². The van der Waals surface area contributed by atoms with E-state index in [1.54, 1.807) is 0 Å². The number of hydrogen-bond donors (Lipinski definition) is 1. The van der Waals surface area contributed by atoms with Gasteiger partial charge in [0.15, 0.2) is 6.10 Å². The molecule has 0 radical (unpaired) electrons. The van der Waals surface area contributed by atoms with Crippen molar-refractivity contribution in [1.82, 2.24) is 0 Å². The molecule has 0 spiro atoms. The number of ether oxygens (including phenoxy) is 2. The number of allylic oxidation sites excluding steroid dienone is 12. The minimum atomic E-state index is -4.39. The summed E-state index contributed by atoms with van der Waals surface area (Å²) in [6.45, 7) is 4.33. The van der Waals surface area contributed by atoms with Crippen LogP contribution in [0.1, 0.15) is 271 Å². The summed E-state index contributed by atoms with van der Waals surface area (Å²) in [5, 5.41) is 0. The molecule has 9 nitrogen and oxygen atoms in total. The van der Waals surface area contributed by atoms with Crippen LogP contribution in [-0.4, -0.2) is 74.9 Å². The monoisotopic (exact) mass is 1060 g/mol. The Bertz CT molecular complexity index is 1480. The average Bonchev–Trinajstić information content (AvgIpc) is 3.36. The fraction of sp³-hybridized carbons (Fsp3) is 0.781. The Hall–Kier alpha value is -2.55. The number of phosphoric ester groups is 1. The highest BCUT2D eigenvalue weighted by atomic mass is 31.2. The third-order valence-electron chi connectivity index (χ3n) is 13.2. The van der Waals surface area contributed by atoms with E-state index >= 15 is 0 Å². The normalized spacial score (nSPS) is 13.8. The number of nitrogens with zero attached hydrogens (tertiary/aromatic N) is 1.